The second-order valence-corrected chi connectivity index (χ2v) is 10.5. The number of pyridine rings is 1. The van der Waals surface area contributed by atoms with E-state index in [1.807, 2.05) is 0 Å². The van der Waals surface area contributed by atoms with Crippen LogP contribution in [0.25, 0.3) is 10.2 Å². The van der Waals surface area contributed by atoms with E-state index in [-0.39, 0.29) is 21.2 Å². The van der Waals surface area contributed by atoms with E-state index in [0.717, 1.165) is 33.8 Å². The highest BCUT2D eigenvalue weighted by Crippen LogP contribution is 2.44. The Morgan fingerprint density at radius 1 is 1.11 bits per heavy atom. The average Bonchev–Trinajstić information content (AvgIpc) is 3.13. The molecular formula is C22H13ClF4N2O4S2. The Bertz CT molecular complexity index is 1550. The van der Waals surface area contributed by atoms with Gasteiger partial charge in [0.05, 0.1) is 27.6 Å². The van der Waals surface area contributed by atoms with Crippen LogP contribution in [0.3, 0.4) is 0 Å². The maximum Gasteiger partial charge on any atom is 0.419 e. The van der Waals surface area contributed by atoms with E-state index in [2.05, 4.69) is 4.98 Å². The lowest BCUT2D eigenvalue weighted by molar-refractivity contribution is -0.140. The molecule has 2 aromatic heterocycles. The Morgan fingerprint density at radius 3 is 2.51 bits per heavy atom. The minimum Gasteiger partial charge on any atom is -0.478 e. The lowest BCUT2D eigenvalue weighted by Crippen LogP contribution is -2.30. The fourth-order valence-electron chi connectivity index (χ4n) is 3.29. The first kappa shape index (κ1) is 24.9. The van der Waals surface area contributed by atoms with Crippen molar-refractivity contribution >= 4 is 54.1 Å². The zero-order valence-electron chi connectivity index (χ0n) is 17.3. The van der Waals surface area contributed by atoms with Crippen LogP contribution in [0.5, 0.6) is 0 Å². The van der Waals surface area contributed by atoms with E-state index < -0.39 is 45.0 Å². The molecule has 0 aliphatic heterocycles. The third-order valence-corrected chi connectivity index (χ3v) is 8.43. The number of carboxylic acid groups (broad SMARTS) is 1. The number of anilines is 1. The van der Waals surface area contributed by atoms with Crippen molar-refractivity contribution in [2.45, 2.75) is 17.6 Å². The van der Waals surface area contributed by atoms with Crippen LogP contribution in [-0.4, -0.2) is 24.5 Å². The van der Waals surface area contributed by atoms with Gasteiger partial charge in [0.2, 0.25) is 0 Å². The number of hydrogen-bond acceptors (Lipinski definition) is 5. The molecule has 0 fully saturated rings. The lowest BCUT2D eigenvalue weighted by atomic mass is 10.1. The first-order valence-electron chi connectivity index (χ1n) is 9.64. The molecule has 0 atom stereocenters. The predicted octanol–water partition coefficient (Wildman–Crippen LogP) is 6.20. The number of alkyl halides is 3. The van der Waals surface area contributed by atoms with E-state index in [1.165, 1.54) is 18.3 Å². The number of sulfonamides is 1. The number of carbonyl (C=O) groups is 1. The second kappa shape index (κ2) is 9.10. The lowest BCUT2D eigenvalue weighted by Gasteiger charge is -2.24. The van der Waals surface area contributed by atoms with Crippen LogP contribution < -0.4 is 4.31 Å². The number of rotatable bonds is 6. The molecule has 6 nitrogen and oxygen atoms in total. The van der Waals surface area contributed by atoms with Gasteiger partial charge in [-0.05, 0) is 48.0 Å². The minimum atomic E-state index is -5.00. The van der Waals surface area contributed by atoms with Gasteiger partial charge in [0, 0.05) is 11.6 Å². The van der Waals surface area contributed by atoms with Gasteiger partial charge in [-0.15, -0.1) is 0 Å². The molecule has 0 spiro atoms. The van der Waals surface area contributed by atoms with Gasteiger partial charge in [0.15, 0.2) is 0 Å². The quantitative estimate of drug-likeness (QED) is 0.292. The fourth-order valence-corrected chi connectivity index (χ4v) is 6.52. The molecule has 0 aliphatic rings. The molecule has 0 saturated heterocycles. The Hall–Kier alpha value is -3.22. The standard InChI is InChI=1S/C22H13ClF4N2O4S2/c23-18-15-5-2-8-28-19(15)34-20(18)29(11-12-6-7-17(24)16(9-12)22(25,26)27)35(32,33)14-4-1-3-13(10-14)21(30)31/h1-10H,11H2,(H,30,31). The molecule has 1 N–H and O–H groups in total. The summed E-state index contributed by atoms with van der Waals surface area (Å²) in [6.07, 6.45) is -3.54. The van der Waals surface area contributed by atoms with Crippen LogP contribution in [-0.2, 0) is 22.7 Å². The first-order valence-corrected chi connectivity index (χ1v) is 12.3. The molecule has 182 valence electrons. The molecule has 0 radical (unpaired) electrons. The van der Waals surface area contributed by atoms with Crippen molar-refractivity contribution in [1.82, 2.24) is 4.98 Å². The number of aromatic nitrogens is 1. The highest BCUT2D eigenvalue weighted by molar-refractivity contribution is 7.93. The maximum atomic E-state index is 13.8. The summed E-state index contributed by atoms with van der Waals surface area (Å²) in [5.41, 5.74) is -2.03. The molecule has 0 amide bonds. The molecular weight excluding hydrogens is 532 g/mol. The van der Waals surface area contributed by atoms with Crippen LogP contribution in [0, 0.1) is 5.82 Å². The maximum absolute atomic E-state index is 13.8. The number of halogens is 5. The first-order chi connectivity index (χ1) is 16.4. The largest absolute Gasteiger partial charge is 0.478 e. The summed E-state index contributed by atoms with van der Waals surface area (Å²) in [4.78, 5) is 15.5. The summed E-state index contributed by atoms with van der Waals surface area (Å²) in [6, 6.07) is 9.82. The van der Waals surface area contributed by atoms with E-state index in [4.69, 9.17) is 11.6 Å². The van der Waals surface area contributed by atoms with Crippen molar-refractivity contribution in [3.63, 3.8) is 0 Å². The van der Waals surface area contributed by atoms with Crippen molar-refractivity contribution < 1.29 is 35.9 Å². The van der Waals surface area contributed by atoms with Gasteiger partial charge in [-0.2, -0.15) is 13.2 Å². The molecule has 4 rings (SSSR count). The van der Waals surface area contributed by atoms with Gasteiger partial charge >= 0.3 is 12.1 Å². The molecule has 2 aromatic carbocycles. The zero-order chi connectivity index (χ0) is 25.5. The summed E-state index contributed by atoms with van der Waals surface area (Å²) < 4.78 is 81.7. The predicted molar refractivity (Wildman–Crippen MR) is 123 cm³/mol. The van der Waals surface area contributed by atoms with Crippen LogP contribution >= 0.6 is 22.9 Å². The van der Waals surface area contributed by atoms with Crippen LogP contribution in [0.4, 0.5) is 22.6 Å². The average molecular weight is 545 g/mol. The summed E-state index contributed by atoms with van der Waals surface area (Å²) in [5.74, 6) is -2.88. The smallest absolute Gasteiger partial charge is 0.419 e. The fraction of sp³-hybridized carbons (Fsp3) is 0.0909. The molecule has 0 saturated carbocycles. The Balaban J connectivity index is 1.90. The van der Waals surface area contributed by atoms with E-state index in [9.17, 15) is 35.9 Å². The van der Waals surface area contributed by atoms with Crippen LogP contribution in [0.15, 0.2) is 65.7 Å². The number of aromatic carboxylic acids is 1. The third kappa shape index (κ3) is 4.81. The Labute approximate surface area is 205 Å². The van der Waals surface area contributed by atoms with E-state index in [0.29, 0.717) is 22.3 Å². The molecule has 0 aliphatic carbocycles. The molecule has 4 aromatic rings. The van der Waals surface area contributed by atoms with Crippen molar-refractivity contribution in [2.75, 3.05) is 4.31 Å². The summed E-state index contributed by atoms with van der Waals surface area (Å²) in [6.45, 7) is -0.643. The third-order valence-electron chi connectivity index (χ3n) is 4.95. The van der Waals surface area contributed by atoms with Crippen molar-refractivity contribution in [2.24, 2.45) is 0 Å². The second-order valence-electron chi connectivity index (χ2n) is 7.23. The number of hydrogen-bond donors (Lipinski definition) is 1. The SMILES string of the molecule is O=C(O)c1cccc(S(=O)(=O)N(Cc2ccc(F)c(C(F)(F)F)c2)c2sc3ncccc3c2Cl)c1. The number of benzene rings is 2. The van der Waals surface area contributed by atoms with Gasteiger partial charge in [0.1, 0.15) is 15.6 Å². The summed E-state index contributed by atoms with van der Waals surface area (Å²) >= 11 is 7.34. The van der Waals surface area contributed by atoms with Crippen molar-refractivity contribution in [3.05, 3.63) is 88.3 Å². The van der Waals surface area contributed by atoms with Gasteiger partial charge < -0.3 is 5.11 Å². The number of carboxylic acids is 1. The van der Waals surface area contributed by atoms with Gasteiger partial charge in [-0.25, -0.2) is 22.6 Å². The molecule has 0 bridgehead atoms. The topological polar surface area (TPSA) is 87.6 Å². The summed E-state index contributed by atoms with van der Waals surface area (Å²) in [5, 5.41) is 9.63. The van der Waals surface area contributed by atoms with Crippen molar-refractivity contribution in [3.8, 4) is 0 Å². The molecule has 2 heterocycles. The number of fused-ring (bicyclic) bond motifs is 1. The monoisotopic (exact) mass is 544 g/mol. The highest BCUT2D eigenvalue weighted by atomic mass is 35.5. The normalized spacial score (nSPS) is 12.1. The van der Waals surface area contributed by atoms with Crippen LogP contribution in [0.2, 0.25) is 5.02 Å². The Morgan fingerprint density at radius 2 is 1.86 bits per heavy atom. The summed E-state index contributed by atoms with van der Waals surface area (Å²) in [7, 11) is -4.54. The number of thiophene rings is 1. The Kier molecular flexibility index (Phi) is 6.47. The highest BCUT2D eigenvalue weighted by Gasteiger charge is 2.35. The van der Waals surface area contributed by atoms with Crippen LogP contribution in [0.1, 0.15) is 21.5 Å². The minimum absolute atomic E-state index is 0.00535. The van der Waals surface area contributed by atoms with Gasteiger partial charge in [0.25, 0.3) is 10.0 Å². The molecule has 13 heteroatoms. The van der Waals surface area contributed by atoms with Gasteiger partial charge in [-0.3, -0.25) is 4.31 Å². The van der Waals surface area contributed by atoms with Crippen molar-refractivity contribution in [1.29, 1.82) is 0 Å². The molecule has 35 heavy (non-hydrogen) atoms. The van der Waals surface area contributed by atoms with E-state index >= 15 is 0 Å². The van der Waals surface area contributed by atoms with Gasteiger partial charge in [-0.1, -0.05) is 35.1 Å². The zero-order valence-corrected chi connectivity index (χ0v) is 19.6. The number of nitrogens with zero attached hydrogens (tertiary/aromatic N) is 2. The van der Waals surface area contributed by atoms with E-state index in [1.54, 1.807) is 12.1 Å². The molecule has 0 unspecified atom stereocenters.